The summed E-state index contributed by atoms with van der Waals surface area (Å²) in [5.41, 5.74) is 6.15. The number of aromatic nitrogens is 3. The zero-order chi connectivity index (χ0) is 19.7. The highest BCUT2D eigenvalue weighted by Gasteiger charge is 2.23. The van der Waals surface area contributed by atoms with E-state index in [0.29, 0.717) is 23.7 Å². The van der Waals surface area contributed by atoms with Crippen molar-refractivity contribution in [2.45, 2.75) is 39.2 Å². The van der Waals surface area contributed by atoms with Crippen LogP contribution in [0.1, 0.15) is 51.6 Å². The van der Waals surface area contributed by atoms with Gasteiger partial charge < -0.3 is 15.2 Å². The van der Waals surface area contributed by atoms with Crippen LogP contribution in [0.3, 0.4) is 0 Å². The average Bonchev–Trinajstić information content (AvgIpc) is 3.03. The SMILES string of the molecule is Cc1ncncc1C(=O)NCc1ccc2[nH]c(C3CCCN(C)C3)c(C)c2c1. The Morgan fingerprint density at radius 3 is 3.00 bits per heavy atom. The molecule has 4 rings (SSSR count). The molecule has 2 aromatic heterocycles. The number of H-pyrrole nitrogens is 1. The van der Waals surface area contributed by atoms with Gasteiger partial charge in [-0.25, -0.2) is 9.97 Å². The predicted molar refractivity (Wildman–Crippen MR) is 110 cm³/mol. The molecule has 1 fully saturated rings. The van der Waals surface area contributed by atoms with E-state index in [1.165, 1.54) is 47.9 Å². The van der Waals surface area contributed by atoms with Crippen LogP contribution in [0.25, 0.3) is 10.9 Å². The molecule has 1 aromatic carbocycles. The maximum absolute atomic E-state index is 12.4. The second-order valence-electron chi connectivity index (χ2n) is 7.85. The lowest BCUT2D eigenvalue weighted by Crippen LogP contribution is -2.31. The second-order valence-corrected chi connectivity index (χ2v) is 7.85. The first kappa shape index (κ1) is 18.6. The van der Waals surface area contributed by atoms with Crippen molar-refractivity contribution >= 4 is 16.8 Å². The quantitative estimate of drug-likeness (QED) is 0.732. The van der Waals surface area contributed by atoms with E-state index in [9.17, 15) is 4.79 Å². The molecule has 1 amide bonds. The van der Waals surface area contributed by atoms with Crippen LogP contribution in [-0.2, 0) is 6.54 Å². The molecule has 0 saturated carbocycles. The van der Waals surface area contributed by atoms with Gasteiger partial charge in [0.1, 0.15) is 6.33 Å². The van der Waals surface area contributed by atoms with Crippen LogP contribution >= 0.6 is 0 Å². The van der Waals surface area contributed by atoms with Gasteiger partial charge in [-0.1, -0.05) is 6.07 Å². The van der Waals surface area contributed by atoms with Crippen molar-refractivity contribution < 1.29 is 4.79 Å². The van der Waals surface area contributed by atoms with Gasteiger partial charge in [-0.3, -0.25) is 4.79 Å². The Bertz CT molecular complexity index is 1010. The van der Waals surface area contributed by atoms with Gasteiger partial charge in [0.25, 0.3) is 5.91 Å². The van der Waals surface area contributed by atoms with Gasteiger partial charge in [0.2, 0.25) is 0 Å². The Hall–Kier alpha value is -2.73. The third-order valence-corrected chi connectivity index (χ3v) is 5.80. The molecule has 1 atom stereocenters. The van der Waals surface area contributed by atoms with E-state index in [1.807, 2.05) is 6.92 Å². The molecule has 1 saturated heterocycles. The van der Waals surface area contributed by atoms with Crippen LogP contribution in [0, 0.1) is 13.8 Å². The van der Waals surface area contributed by atoms with Crippen LogP contribution in [0.5, 0.6) is 0 Å². The largest absolute Gasteiger partial charge is 0.358 e. The van der Waals surface area contributed by atoms with Crippen molar-refractivity contribution in [1.82, 2.24) is 25.2 Å². The average molecular weight is 377 g/mol. The first-order valence-electron chi connectivity index (χ1n) is 9.87. The number of hydrogen-bond acceptors (Lipinski definition) is 4. The van der Waals surface area contributed by atoms with E-state index in [-0.39, 0.29) is 5.91 Å². The van der Waals surface area contributed by atoms with Gasteiger partial charge in [0, 0.05) is 41.8 Å². The molecule has 1 aliphatic heterocycles. The molecule has 3 heterocycles. The summed E-state index contributed by atoms with van der Waals surface area (Å²) in [5.74, 6) is 0.422. The number of carbonyl (C=O) groups excluding carboxylic acids is 1. The number of likely N-dealkylation sites (N-methyl/N-ethyl adjacent to an activating group) is 1. The standard InChI is InChI=1S/C22H27N5O/c1-14-18-9-16(10-24-22(28)19-11-23-13-25-15(19)2)6-7-20(18)26-21(14)17-5-4-8-27(3)12-17/h6-7,9,11,13,17,26H,4-5,8,10,12H2,1-3H3,(H,24,28). The fraction of sp³-hybridized carbons (Fsp3) is 0.409. The molecule has 0 aliphatic carbocycles. The van der Waals surface area contributed by atoms with Crippen LogP contribution in [0.2, 0.25) is 0 Å². The number of fused-ring (bicyclic) bond motifs is 1. The maximum Gasteiger partial charge on any atom is 0.254 e. The number of likely N-dealkylation sites (tertiary alicyclic amines) is 1. The molecule has 6 nitrogen and oxygen atoms in total. The summed E-state index contributed by atoms with van der Waals surface area (Å²) in [6, 6.07) is 6.38. The highest BCUT2D eigenvalue weighted by atomic mass is 16.1. The number of piperidine rings is 1. The molecule has 2 N–H and O–H groups in total. The van der Waals surface area contributed by atoms with E-state index in [2.05, 4.69) is 57.3 Å². The smallest absolute Gasteiger partial charge is 0.254 e. The van der Waals surface area contributed by atoms with Gasteiger partial charge in [-0.2, -0.15) is 0 Å². The summed E-state index contributed by atoms with van der Waals surface area (Å²) in [7, 11) is 2.20. The number of aryl methyl sites for hydroxylation is 2. The molecule has 3 aromatic rings. The number of hydrogen-bond donors (Lipinski definition) is 2. The number of rotatable bonds is 4. The zero-order valence-electron chi connectivity index (χ0n) is 16.7. The van der Waals surface area contributed by atoms with Crippen LogP contribution in [0.15, 0.2) is 30.7 Å². The van der Waals surface area contributed by atoms with Gasteiger partial charge in [-0.05, 0) is 63.5 Å². The van der Waals surface area contributed by atoms with Crippen molar-refractivity contribution in [2.24, 2.45) is 0 Å². The number of amides is 1. The number of carbonyl (C=O) groups is 1. The molecule has 0 radical (unpaired) electrons. The van der Waals surface area contributed by atoms with Crippen LogP contribution in [-0.4, -0.2) is 45.9 Å². The number of aromatic amines is 1. The van der Waals surface area contributed by atoms with Gasteiger partial charge in [-0.15, -0.1) is 0 Å². The molecule has 28 heavy (non-hydrogen) atoms. The van der Waals surface area contributed by atoms with E-state index >= 15 is 0 Å². The summed E-state index contributed by atoms with van der Waals surface area (Å²) in [6.07, 6.45) is 5.50. The lowest BCUT2D eigenvalue weighted by molar-refractivity contribution is 0.0949. The van der Waals surface area contributed by atoms with Crippen molar-refractivity contribution in [3.63, 3.8) is 0 Å². The Morgan fingerprint density at radius 2 is 2.21 bits per heavy atom. The monoisotopic (exact) mass is 377 g/mol. The van der Waals surface area contributed by atoms with Crippen molar-refractivity contribution in [3.8, 4) is 0 Å². The van der Waals surface area contributed by atoms with Gasteiger partial charge in [0.15, 0.2) is 0 Å². The fourth-order valence-corrected chi connectivity index (χ4v) is 4.21. The summed E-state index contributed by atoms with van der Waals surface area (Å²) in [6.45, 7) is 6.79. The fourth-order valence-electron chi connectivity index (χ4n) is 4.21. The van der Waals surface area contributed by atoms with Gasteiger partial charge >= 0.3 is 0 Å². The Morgan fingerprint density at radius 1 is 1.36 bits per heavy atom. The Balaban J connectivity index is 1.52. The zero-order valence-corrected chi connectivity index (χ0v) is 16.7. The van der Waals surface area contributed by atoms with Gasteiger partial charge in [0.05, 0.1) is 11.3 Å². The summed E-state index contributed by atoms with van der Waals surface area (Å²) >= 11 is 0. The minimum atomic E-state index is -0.144. The van der Waals surface area contributed by atoms with Crippen LogP contribution < -0.4 is 5.32 Å². The molecule has 1 unspecified atom stereocenters. The molecule has 146 valence electrons. The summed E-state index contributed by atoms with van der Waals surface area (Å²) < 4.78 is 0. The topological polar surface area (TPSA) is 73.9 Å². The summed E-state index contributed by atoms with van der Waals surface area (Å²) in [4.78, 5) is 26.5. The minimum absolute atomic E-state index is 0.144. The first-order valence-corrected chi connectivity index (χ1v) is 9.87. The van der Waals surface area contributed by atoms with Crippen LogP contribution in [0.4, 0.5) is 0 Å². The van der Waals surface area contributed by atoms with E-state index in [0.717, 1.165) is 12.1 Å². The lowest BCUT2D eigenvalue weighted by atomic mass is 9.92. The molecular weight excluding hydrogens is 350 g/mol. The normalized spacial score (nSPS) is 17.8. The molecule has 0 bridgehead atoms. The summed E-state index contributed by atoms with van der Waals surface area (Å²) in [5, 5.41) is 4.23. The maximum atomic E-state index is 12.4. The predicted octanol–water partition coefficient (Wildman–Crippen LogP) is 3.31. The minimum Gasteiger partial charge on any atom is -0.358 e. The van der Waals surface area contributed by atoms with E-state index in [4.69, 9.17) is 0 Å². The first-order chi connectivity index (χ1) is 13.5. The molecule has 1 aliphatic rings. The van der Waals surface area contributed by atoms with E-state index in [1.54, 1.807) is 6.20 Å². The third kappa shape index (κ3) is 3.64. The molecule has 0 spiro atoms. The Labute approximate surface area is 165 Å². The number of benzene rings is 1. The number of nitrogens with one attached hydrogen (secondary N) is 2. The van der Waals surface area contributed by atoms with Crippen molar-refractivity contribution in [3.05, 3.63) is 58.8 Å². The lowest BCUT2D eigenvalue weighted by Gasteiger charge is -2.29. The Kier molecular flexibility index (Phi) is 5.13. The number of nitrogens with zero attached hydrogens (tertiary/aromatic N) is 3. The van der Waals surface area contributed by atoms with Crippen molar-refractivity contribution in [2.75, 3.05) is 20.1 Å². The van der Waals surface area contributed by atoms with E-state index < -0.39 is 0 Å². The second kappa shape index (κ2) is 7.72. The van der Waals surface area contributed by atoms with Crippen molar-refractivity contribution in [1.29, 1.82) is 0 Å². The molecular formula is C22H27N5O. The molecule has 6 heteroatoms. The third-order valence-electron chi connectivity index (χ3n) is 5.80. The highest BCUT2D eigenvalue weighted by Crippen LogP contribution is 2.32. The highest BCUT2D eigenvalue weighted by molar-refractivity contribution is 5.94.